The summed E-state index contributed by atoms with van der Waals surface area (Å²) in [4.78, 5) is 15.4. The van der Waals surface area contributed by atoms with Gasteiger partial charge in [0, 0.05) is 6.20 Å². The number of hydrogen-bond acceptors (Lipinski definition) is 2. The van der Waals surface area contributed by atoms with Crippen LogP contribution in [-0.4, -0.2) is 20.8 Å². The first-order valence-electron chi connectivity index (χ1n) is 6.73. The molecule has 134 valence electrons. The summed E-state index contributed by atoms with van der Waals surface area (Å²) in [6, 6.07) is 0.982. The highest BCUT2D eigenvalue weighted by atomic mass is 19.4. The van der Waals surface area contributed by atoms with E-state index >= 15 is 0 Å². The average molecular weight is 363 g/mol. The second-order valence-corrected chi connectivity index (χ2v) is 5.67. The van der Waals surface area contributed by atoms with Crippen molar-refractivity contribution in [3.05, 3.63) is 35.3 Å². The monoisotopic (exact) mass is 363 g/mol. The average Bonchev–Trinajstić information content (AvgIpc) is 2.84. The molecule has 0 spiro atoms. The van der Waals surface area contributed by atoms with Crippen LogP contribution in [0.4, 0.5) is 26.3 Å². The zero-order valence-electron chi connectivity index (χ0n) is 12.9. The Morgan fingerprint density at radius 2 is 1.80 bits per heavy atom. The molecule has 2 rings (SSSR count). The van der Waals surface area contributed by atoms with Gasteiger partial charge in [-0.2, -0.15) is 26.3 Å². The van der Waals surface area contributed by atoms with Crippen LogP contribution < -0.4 is 5.32 Å². The van der Waals surface area contributed by atoms with Crippen LogP contribution >= 0.6 is 0 Å². The number of amides is 1. The van der Waals surface area contributed by atoms with Crippen molar-refractivity contribution in [3.63, 3.8) is 0 Å². The van der Waals surface area contributed by atoms with Gasteiger partial charge in [0.15, 0.2) is 5.69 Å². The molecule has 4 nitrogen and oxygen atoms in total. The van der Waals surface area contributed by atoms with Gasteiger partial charge in [0.05, 0.1) is 11.1 Å². The highest BCUT2D eigenvalue weighted by Gasteiger charge is 2.41. The molecule has 0 bridgehead atoms. The zero-order valence-corrected chi connectivity index (χ0v) is 12.9. The van der Waals surface area contributed by atoms with Crippen molar-refractivity contribution in [1.29, 1.82) is 0 Å². The van der Waals surface area contributed by atoms with Crippen LogP contribution in [0.25, 0.3) is 5.65 Å². The Morgan fingerprint density at radius 3 is 2.28 bits per heavy atom. The molecule has 0 aliphatic carbocycles. The second-order valence-electron chi connectivity index (χ2n) is 5.67. The van der Waals surface area contributed by atoms with E-state index in [-0.39, 0.29) is 0 Å². The third-order valence-corrected chi connectivity index (χ3v) is 3.22. The first-order chi connectivity index (χ1) is 11.3. The SMILES string of the molecule is C#CC(C)(C)NC(=O)c1c(C(F)(F)F)nc2cc(C(F)(F)F)ccn12. The van der Waals surface area contributed by atoms with Crippen molar-refractivity contribution in [2.24, 2.45) is 0 Å². The summed E-state index contributed by atoms with van der Waals surface area (Å²) in [5.41, 5.74) is -5.66. The Hall–Kier alpha value is -2.70. The number of rotatable bonds is 2. The van der Waals surface area contributed by atoms with E-state index in [1.807, 2.05) is 0 Å². The van der Waals surface area contributed by atoms with Crippen LogP contribution in [-0.2, 0) is 12.4 Å². The molecule has 2 heterocycles. The quantitative estimate of drug-likeness (QED) is 0.656. The summed E-state index contributed by atoms with van der Waals surface area (Å²) in [6.07, 6.45) is -3.92. The van der Waals surface area contributed by atoms with Crippen molar-refractivity contribution in [1.82, 2.24) is 14.7 Å². The minimum atomic E-state index is -5.04. The van der Waals surface area contributed by atoms with Gasteiger partial charge >= 0.3 is 12.4 Å². The summed E-state index contributed by atoms with van der Waals surface area (Å²) in [5, 5.41) is 2.20. The van der Waals surface area contributed by atoms with Crippen molar-refractivity contribution < 1.29 is 31.1 Å². The minimum absolute atomic E-state index is 0.429. The number of nitrogens with zero attached hydrogens (tertiary/aromatic N) is 2. The number of alkyl halides is 6. The van der Waals surface area contributed by atoms with E-state index in [4.69, 9.17) is 6.42 Å². The van der Waals surface area contributed by atoms with Gasteiger partial charge in [0.1, 0.15) is 11.3 Å². The van der Waals surface area contributed by atoms with Gasteiger partial charge in [0.2, 0.25) is 0 Å². The molecule has 2 aromatic heterocycles. The fraction of sp³-hybridized carbons (Fsp3) is 0.333. The predicted molar refractivity (Wildman–Crippen MR) is 75.6 cm³/mol. The van der Waals surface area contributed by atoms with Crippen molar-refractivity contribution in [3.8, 4) is 12.3 Å². The Bertz CT molecular complexity index is 870. The van der Waals surface area contributed by atoms with E-state index < -0.39 is 46.4 Å². The molecule has 0 atom stereocenters. The number of aromatic nitrogens is 2. The Kier molecular flexibility index (Phi) is 4.24. The van der Waals surface area contributed by atoms with E-state index in [0.29, 0.717) is 22.7 Å². The van der Waals surface area contributed by atoms with Crippen LogP contribution in [0.5, 0.6) is 0 Å². The molecule has 0 saturated carbocycles. The lowest BCUT2D eigenvalue weighted by Crippen LogP contribution is -2.43. The number of carbonyl (C=O) groups is 1. The normalized spacial score (nSPS) is 12.9. The molecule has 1 N–H and O–H groups in total. The first kappa shape index (κ1) is 18.6. The Balaban J connectivity index is 2.69. The molecular weight excluding hydrogens is 352 g/mol. The standard InChI is InChI=1S/C15H11F6N3O/c1-4-13(2,3)23-12(25)10-11(15(19,20)21)22-9-7-8(14(16,17)18)5-6-24(9)10/h1,5-7H,2-3H3,(H,23,25). The maximum Gasteiger partial charge on any atom is 0.435 e. The van der Waals surface area contributed by atoms with Crippen LogP contribution in [0.1, 0.15) is 35.6 Å². The molecule has 0 aliphatic rings. The smallest absolute Gasteiger partial charge is 0.335 e. The van der Waals surface area contributed by atoms with E-state index in [0.717, 1.165) is 0 Å². The van der Waals surface area contributed by atoms with Crippen LogP contribution in [0.3, 0.4) is 0 Å². The number of hydrogen-bond donors (Lipinski definition) is 1. The topological polar surface area (TPSA) is 46.4 Å². The zero-order chi connectivity index (χ0) is 19.2. The molecular formula is C15H11F6N3O. The lowest BCUT2D eigenvalue weighted by molar-refractivity contribution is -0.141. The number of imidazole rings is 1. The Labute approximate surface area is 137 Å². The van der Waals surface area contributed by atoms with Gasteiger partial charge in [-0.15, -0.1) is 6.42 Å². The van der Waals surface area contributed by atoms with Gasteiger partial charge in [-0.05, 0) is 26.0 Å². The number of pyridine rings is 1. The highest BCUT2D eigenvalue weighted by molar-refractivity contribution is 5.95. The highest BCUT2D eigenvalue weighted by Crippen LogP contribution is 2.34. The molecule has 25 heavy (non-hydrogen) atoms. The maximum atomic E-state index is 13.2. The predicted octanol–water partition coefficient (Wildman–Crippen LogP) is 3.51. The van der Waals surface area contributed by atoms with Crippen LogP contribution in [0, 0.1) is 12.3 Å². The van der Waals surface area contributed by atoms with E-state index in [1.54, 1.807) is 0 Å². The van der Waals surface area contributed by atoms with E-state index in [9.17, 15) is 31.1 Å². The summed E-state index contributed by atoms with van der Waals surface area (Å²) in [7, 11) is 0. The van der Waals surface area contributed by atoms with Crippen molar-refractivity contribution in [2.75, 3.05) is 0 Å². The lowest BCUT2D eigenvalue weighted by Gasteiger charge is -2.20. The molecule has 0 unspecified atom stereocenters. The maximum absolute atomic E-state index is 13.2. The number of carbonyl (C=O) groups excluding carboxylic acids is 1. The molecule has 0 saturated heterocycles. The van der Waals surface area contributed by atoms with Gasteiger partial charge in [0.25, 0.3) is 5.91 Å². The van der Waals surface area contributed by atoms with Crippen LogP contribution in [0.2, 0.25) is 0 Å². The number of terminal acetylenes is 1. The third kappa shape index (κ3) is 3.70. The molecule has 10 heteroatoms. The van der Waals surface area contributed by atoms with Gasteiger partial charge in [-0.1, -0.05) is 5.92 Å². The summed E-state index contributed by atoms with van der Waals surface area (Å²) in [6.45, 7) is 2.76. The summed E-state index contributed by atoms with van der Waals surface area (Å²) in [5.74, 6) is 0.972. The molecule has 0 fully saturated rings. The second kappa shape index (κ2) is 5.68. The molecule has 0 radical (unpaired) electrons. The molecule has 0 aliphatic heterocycles. The minimum Gasteiger partial charge on any atom is -0.335 e. The Morgan fingerprint density at radius 1 is 1.20 bits per heavy atom. The number of halogens is 6. The van der Waals surface area contributed by atoms with Crippen LogP contribution in [0.15, 0.2) is 18.3 Å². The number of nitrogens with one attached hydrogen (secondary N) is 1. The van der Waals surface area contributed by atoms with E-state index in [2.05, 4.69) is 16.2 Å². The van der Waals surface area contributed by atoms with Crippen molar-refractivity contribution in [2.45, 2.75) is 31.7 Å². The summed E-state index contributed by atoms with van der Waals surface area (Å²) < 4.78 is 78.3. The first-order valence-corrected chi connectivity index (χ1v) is 6.73. The molecule has 2 aromatic rings. The molecule has 1 amide bonds. The van der Waals surface area contributed by atoms with Gasteiger partial charge < -0.3 is 5.32 Å². The van der Waals surface area contributed by atoms with Crippen molar-refractivity contribution >= 4 is 11.6 Å². The largest absolute Gasteiger partial charge is 0.435 e. The van der Waals surface area contributed by atoms with Gasteiger partial charge in [-0.3, -0.25) is 9.20 Å². The van der Waals surface area contributed by atoms with Gasteiger partial charge in [-0.25, -0.2) is 4.98 Å². The fourth-order valence-corrected chi connectivity index (χ4v) is 2.01. The fourth-order valence-electron chi connectivity index (χ4n) is 2.01. The third-order valence-electron chi connectivity index (χ3n) is 3.22. The number of fused-ring (bicyclic) bond motifs is 1. The summed E-state index contributed by atoms with van der Waals surface area (Å²) >= 11 is 0. The molecule has 0 aromatic carbocycles. The lowest BCUT2D eigenvalue weighted by atomic mass is 10.1. The van der Waals surface area contributed by atoms with E-state index in [1.165, 1.54) is 13.8 Å².